The molecule has 8 heteroatoms. The number of carbonyl (C=O) groups is 1. The van der Waals surface area contributed by atoms with E-state index >= 15 is 0 Å². The summed E-state index contributed by atoms with van der Waals surface area (Å²) in [7, 11) is 1.64. The average molecular weight is 451 g/mol. The fourth-order valence-corrected chi connectivity index (χ4v) is 4.06. The summed E-state index contributed by atoms with van der Waals surface area (Å²) in [5.74, 6) is -0.181. The molecular formula is C24H20F2N4OS. The molecule has 0 saturated heterocycles. The number of halogens is 2. The first-order valence-electron chi connectivity index (χ1n) is 9.90. The molecule has 0 saturated carbocycles. The van der Waals surface area contributed by atoms with Crippen LogP contribution in [0.15, 0.2) is 84.0 Å². The van der Waals surface area contributed by atoms with Gasteiger partial charge in [0.05, 0.1) is 5.75 Å². The molecule has 32 heavy (non-hydrogen) atoms. The standard InChI is InChI=1S/C24H20F2N4OS/c1-29(15-18-7-5-6-10-21(18)26)22(31)16-32-24-28-27-23(17-11-13-19(25)14-12-17)30(24)20-8-3-2-4-9-20/h2-14H,15-16H2,1H3. The van der Waals surface area contributed by atoms with Crippen LogP contribution in [0.2, 0.25) is 0 Å². The summed E-state index contributed by atoms with van der Waals surface area (Å²) in [4.78, 5) is 14.2. The minimum atomic E-state index is -0.340. The number of nitrogens with zero attached hydrogens (tertiary/aromatic N) is 4. The normalized spacial score (nSPS) is 10.8. The molecule has 1 aromatic heterocycles. The lowest BCUT2D eigenvalue weighted by Gasteiger charge is -2.17. The van der Waals surface area contributed by atoms with Crippen molar-refractivity contribution >= 4 is 17.7 Å². The Morgan fingerprint density at radius 3 is 2.34 bits per heavy atom. The molecule has 162 valence electrons. The number of aromatic nitrogens is 3. The molecule has 1 heterocycles. The molecule has 0 aliphatic carbocycles. The van der Waals surface area contributed by atoms with Gasteiger partial charge in [0.15, 0.2) is 11.0 Å². The Morgan fingerprint density at radius 1 is 0.938 bits per heavy atom. The second-order valence-corrected chi connectivity index (χ2v) is 8.06. The van der Waals surface area contributed by atoms with Crippen molar-refractivity contribution in [2.45, 2.75) is 11.7 Å². The van der Waals surface area contributed by atoms with Gasteiger partial charge in [0.25, 0.3) is 0 Å². The topological polar surface area (TPSA) is 51.0 Å². The van der Waals surface area contributed by atoms with Crippen LogP contribution in [0.5, 0.6) is 0 Å². The number of hydrogen-bond acceptors (Lipinski definition) is 4. The predicted octanol–water partition coefficient (Wildman–Crippen LogP) is 4.96. The van der Waals surface area contributed by atoms with Gasteiger partial charge in [-0.3, -0.25) is 9.36 Å². The van der Waals surface area contributed by atoms with E-state index in [0.29, 0.717) is 22.1 Å². The van der Waals surface area contributed by atoms with E-state index in [2.05, 4.69) is 10.2 Å². The molecule has 1 amide bonds. The SMILES string of the molecule is CN(Cc1ccccc1F)C(=O)CSc1nnc(-c2ccc(F)cc2)n1-c1ccccc1. The number of rotatable bonds is 7. The summed E-state index contributed by atoms with van der Waals surface area (Å²) < 4.78 is 29.1. The van der Waals surface area contributed by atoms with E-state index in [1.54, 1.807) is 37.4 Å². The highest BCUT2D eigenvalue weighted by Crippen LogP contribution is 2.28. The van der Waals surface area contributed by atoms with E-state index in [0.717, 1.165) is 5.69 Å². The van der Waals surface area contributed by atoms with Crippen molar-refractivity contribution in [3.05, 3.63) is 96.1 Å². The van der Waals surface area contributed by atoms with Crippen molar-refractivity contribution in [2.24, 2.45) is 0 Å². The molecule has 4 rings (SSSR count). The van der Waals surface area contributed by atoms with Crippen molar-refractivity contribution in [1.29, 1.82) is 0 Å². The minimum absolute atomic E-state index is 0.110. The van der Waals surface area contributed by atoms with Crippen LogP contribution >= 0.6 is 11.8 Å². The number of thioether (sulfide) groups is 1. The lowest BCUT2D eigenvalue weighted by molar-refractivity contribution is -0.127. The Hall–Kier alpha value is -3.52. The smallest absolute Gasteiger partial charge is 0.233 e. The number of amides is 1. The maximum atomic E-state index is 13.9. The van der Waals surface area contributed by atoms with E-state index in [-0.39, 0.29) is 29.8 Å². The molecule has 0 unspecified atom stereocenters. The summed E-state index contributed by atoms with van der Waals surface area (Å²) >= 11 is 1.24. The van der Waals surface area contributed by atoms with Crippen molar-refractivity contribution in [2.75, 3.05) is 12.8 Å². The van der Waals surface area contributed by atoms with Gasteiger partial charge in [0.1, 0.15) is 11.6 Å². The highest BCUT2D eigenvalue weighted by atomic mass is 32.2. The van der Waals surface area contributed by atoms with Crippen LogP contribution in [-0.4, -0.2) is 38.4 Å². The fourth-order valence-electron chi connectivity index (χ4n) is 3.17. The third-order valence-corrected chi connectivity index (χ3v) is 5.78. The highest BCUT2D eigenvalue weighted by molar-refractivity contribution is 7.99. The molecule has 0 aliphatic heterocycles. The van der Waals surface area contributed by atoms with Crippen LogP contribution < -0.4 is 0 Å². The number of para-hydroxylation sites is 1. The molecule has 0 fully saturated rings. The van der Waals surface area contributed by atoms with Gasteiger partial charge in [0.2, 0.25) is 5.91 Å². The first kappa shape index (κ1) is 21.7. The van der Waals surface area contributed by atoms with Crippen LogP contribution in [0.4, 0.5) is 8.78 Å². The average Bonchev–Trinajstić information content (AvgIpc) is 3.24. The molecule has 3 aromatic carbocycles. The molecule has 4 aromatic rings. The van der Waals surface area contributed by atoms with Gasteiger partial charge >= 0.3 is 0 Å². The Morgan fingerprint density at radius 2 is 1.62 bits per heavy atom. The molecule has 5 nitrogen and oxygen atoms in total. The second kappa shape index (κ2) is 9.74. The molecule has 0 N–H and O–H groups in total. The number of hydrogen-bond donors (Lipinski definition) is 0. The zero-order chi connectivity index (χ0) is 22.5. The first-order valence-corrected chi connectivity index (χ1v) is 10.9. The molecule has 0 aliphatic rings. The lowest BCUT2D eigenvalue weighted by Crippen LogP contribution is -2.28. The van der Waals surface area contributed by atoms with Crippen molar-refractivity contribution in [3.8, 4) is 17.1 Å². The third kappa shape index (κ3) is 4.86. The van der Waals surface area contributed by atoms with Gasteiger partial charge < -0.3 is 4.90 Å². The molecule has 0 radical (unpaired) electrons. The van der Waals surface area contributed by atoms with Gasteiger partial charge in [-0.05, 0) is 42.5 Å². The molecular weight excluding hydrogens is 430 g/mol. The quantitative estimate of drug-likeness (QED) is 0.374. The van der Waals surface area contributed by atoms with E-state index in [1.165, 1.54) is 34.9 Å². The number of carbonyl (C=O) groups excluding carboxylic acids is 1. The zero-order valence-corrected chi connectivity index (χ0v) is 18.1. The third-order valence-electron chi connectivity index (χ3n) is 4.87. The van der Waals surface area contributed by atoms with Gasteiger partial charge in [0, 0.05) is 30.4 Å². The first-order chi connectivity index (χ1) is 15.5. The van der Waals surface area contributed by atoms with Gasteiger partial charge in [-0.25, -0.2) is 8.78 Å². The van der Waals surface area contributed by atoms with Crippen molar-refractivity contribution in [3.63, 3.8) is 0 Å². The van der Waals surface area contributed by atoms with E-state index in [1.807, 2.05) is 34.9 Å². The van der Waals surface area contributed by atoms with Gasteiger partial charge in [-0.15, -0.1) is 10.2 Å². The number of benzene rings is 3. The fraction of sp³-hybridized carbons (Fsp3) is 0.125. The van der Waals surface area contributed by atoms with Crippen LogP contribution in [0.3, 0.4) is 0 Å². The molecule has 0 atom stereocenters. The minimum Gasteiger partial charge on any atom is -0.341 e. The van der Waals surface area contributed by atoms with Crippen LogP contribution in [0.25, 0.3) is 17.1 Å². The Bertz CT molecular complexity index is 1210. The predicted molar refractivity (Wildman–Crippen MR) is 120 cm³/mol. The van der Waals surface area contributed by atoms with Crippen molar-refractivity contribution < 1.29 is 13.6 Å². The monoisotopic (exact) mass is 450 g/mol. The summed E-state index contributed by atoms with van der Waals surface area (Å²) in [5, 5.41) is 9.09. The Kier molecular flexibility index (Phi) is 6.61. The lowest BCUT2D eigenvalue weighted by atomic mass is 10.2. The Labute approximate surface area is 188 Å². The summed E-state index contributed by atoms with van der Waals surface area (Å²) in [6, 6.07) is 21.9. The Balaban J connectivity index is 1.55. The molecule has 0 bridgehead atoms. The summed E-state index contributed by atoms with van der Waals surface area (Å²) in [5.41, 5.74) is 1.99. The van der Waals surface area contributed by atoms with Gasteiger partial charge in [-0.1, -0.05) is 48.2 Å². The van der Waals surface area contributed by atoms with E-state index < -0.39 is 0 Å². The largest absolute Gasteiger partial charge is 0.341 e. The van der Waals surface area contributed by atoms with Crippen LogP contribution in [0, 0.1) is 11.6 Å². The zero-order valence-electron chi connectivity index (χ0n) is 17.3. The maximum absolute atomic E-state index is 13.9. The van der Waals surface area contributed by atoms with Crippen molar-refractivity contribution in [1.82, 2.24) is 19.7 Å². The van der Waals surface area contributed by atoms with Crippen LogP contribution in [-0.2, 0) is 11.3 Å². The van der Waals surface area contributed by atoms with Crippen LogP contribution in [0.1, 0.15) is 5.56 Å². The highest BCUT2D eigenvalue weighted by Gasteiger charge is 2.19. The second-order valence-electron chi connectivity index (χ2n) is 7.11. The summed E-state index contributed by atoms with van der Waals surface area (Å²) in [6.07, 6.45) is 0. The summed E-state index contributed by atoms with van der Waals surface area (Å²) in [6.45, 7) is 0.179. The van der Waals surface area contributed by atoms with E-state index in [4.69, 9.17) is 0 Å². The van der Waals surface area contributed by atoms with Gasteiger partial charge in [-0.2, -0.15) is 0 Å². The molecule has 0 spiro atoms. The maximum Gasteiger partial charge on any atom is 0.233 e. The van der Waals surface area contributed by atoms with E-state index in [9.17, 15) is 13.6 Å².